The molecule has 94 valence electrons. The molecule has 2 rings (SSSR count). The first-order valence-corrected chi connectivity index (χ1v) is 6.49. The summed E-state index contributed by atoms with van der Waals surface area (Å²) in [4.78, 5) is 8.44. The van der Waals surface area contributed by atoms with Gasteiger partial charge in [-0.2, -0.15) is 4.98 Å². The number of nitrogens with one attached hydrogen (secondary N) is 2. The lowest BCUT2D eigenvalue weighted by atomic mass is 9.83. The fourth-order valence-corrected chi connectivity index (χ4v) is 2.46. The largest absolute Gasteiger partial charge is 0.364 e. The van der Waals surface area contributed by atoms with Gasteiger partial charge >= 0.3 is 0 Å². The van der Waals surface area contributed by atoms with Gasteiger partial charge in [-0.1, -0.05) is 30.9 Å². The second-order valence-corrected chi connectivity index (χ2v) is 5.29. The maximum atomic E-state index is 6.12. The molecular weight excluding hydrogens is 236 g/mol. The zero-order valence-electron chi connectivity index (χ0n) is 10.4. The van der Waals surface area contributed by atoms with Crippen molar-refractivity contribution < 1.29 is 0 Å². The summed E-state index contributed by atoms with van der Waals surface area (Å²) in [5, 5.41) is 6.98. The molecule has 1 fully saturated rings. The third-order valence-electron chi connectivity index (χ3n) is 3.34. The fraction of sp³-hybridized carbons (Fsp3) is 0.667. The van der Waals surface area contributed by atoms with Crippen LogP contribution in [0.5, 0.6) is 0 Å². The first kappa shape index (κ1) is 12.4. The summed E-state index contributed by atoms with van der Waals surface area (Å²) in [5.74, 6) is 1.33. The van der Waals surface area contributed by atoms with Crippen LogP contribution < -0.4 is 10.6 Å². The monoisotopic (exact) mass is 254 g/mol. The minimum absolute atomic E-state index is 0.112. The summed E-state index contributed by atoms with van der Waals surface area (Å²) in [7, 11) is 1.80. The average molecular weight is 255 g/mol. The molecule has 1 aliphatic rings. The van der Waals surface area contributed by atoms with Crippen molar-refractivity contribution in [3.63, 3.8) is 0 Å². The predicted molar refractivity (Wildman–Crippen MR) is 71.7 cm³/mol. The highest BCUT2D eigenvalue weighted by molar-refractivity contribution is 6.32. The second-order valence-electron chi connectivity index (χ2n) is 4.89. The molecule has 0 aromatic carbocycles. The van der Waals surface area contributed by atoms with E-state index in [4.69, 9.17) is 11.6 Å². The number of rotatable bonds is 3. The van der Waals surface area contributed by atoms with Crippen LogP contribution in [0.4, 0.5) is 11.8 Å². The number of aromatic nitrogens is 2. The van der Waals surface area contributed by atoms with E-state index in [0.717, 1.165) is 5.82 Å². The zero-order chi connectivity index (χ0) is 12.3. The molecule has 1 aliphatic carbocycles. The molecule has 0 bridgehead atoms. The Labute approximate surface area is 107 Å². The van der Waals surface area contributed by atoms with Crippen molar-refractivity contribution in [1.82, 2.24) is 9.97 Å². The molecule has 0 aliphatic heterocycles. The van der Waals surface area contributed by atoms with Gasteiger partial charge in [0.2, 0.25) is 5.95 Å². The molecule has 0 radical (unpaired) electrons. The van der Waals surface area contributed by atoms with E-state index < -0.39 is 0 Å². The van der Waals surface area contributed by atoms with E-state index in [1.807, 2.05) is 0 Å². The Morgan fingerprint density at radius 2 is 2.00 bits per heavy atom. The van der Waals surface area contributed by atoms with Gasteiger partial charge in [0.1, 0.15) is 5.02 Å². The molecule has 0 amide bonds. The van der Waals surface area contributed by atoms with Gasteiger partial charge in [0.05, 0.1) is 6.20 Å². The number of hydrogen-bond donors (Lipinski definition) is 2. The number of nitrogens with zero attached hydrogens (tertiary/aromatic N) is 2. The molecule has 0 spiro atoms. The quantitative estimate of drug-likeness (QED) is 0.869. The van der Waals surface area contributed by atoms with Crippen molar-refractivity contribution in [2.75, 3.05) is 17.7 Å². The summed E-state index contributed by atoms with van der Waals surface area (Å²) in [6, 6.07) is 0. The normalized spacial score (nSPS) is 18.8. The number of halogens is 1. The van der Waals surface area contributed by atoms with E-state index in [9.17, 15) is 0 Å². The maximum Gasteiger partial charge on any atom is 0.224 e. The van der Waals surface area contributed by atoms with Gasteiger partial charge in [-0.3, -0.25) is 0 Å². The molecule has 1 saturated carbocycles. The van der Waals surface area contributed by atoms with Crippen LogP contribution in [-0.2, 0) is 0 Å². The van der Waals surface area contributed by atoms with Crippen molar-refractivity contribution in [3.05, 3.63) is 11.2 Å². The topological polar surface area (TPSA) is 49.8 Å². The van der Waals surface area contributed by atoms with Crippen LogP contribution in [0.3, 0.4) is 0 Å². The third-order valence-corrected chi connectivity index (χ3v) is 3.62. The molecule has 4 nitrogen and oxygen atoms in total. The van der Waals surface area contributed by atoms with Crippen molar-refractivity contribution in [2.24, 2.45) is 0 Å². The minimum Gasteiger partial charge on any atom is -0.364 e. The van der Waals surface area contributed by atoms with Gasteiger partial charge in [0, 0.05) is 12.6 Å². The van der Waals surface area contributed by atoms with Gasteiger partial charge in [-0.25, -0.2) is 4.98 Å². The summed E-state index contributed by atoms with van der Waals surface area (Å²) in [6.07, 6.45) is 7.84. The van der Waals surface area contributed by atoms with Gasteiger partial charge in [-0.05, 0) is 19.8 Å². The lowest BCUT2D eigenvalue weighted by Crippen LogP contribution is -2.37. The first-order chi connectivity index (χ1) is 8.13. The van der Waals surface area contributed by atoms with Gasteiger partial charge in [-0.15, -0.1) is 0 Å². The van der Waals surface area contributed by atoms with Crippen LogP contribution in [0.2, 0.25) is 5.02 Å². The Morgan fingerprint density at radius 3 is 2.65 bits per heavy atom. The first-order valence-electron chi connectivity index (χ1n) is 6.11. The Hall–Kier alpha value is -1.03. The van der Waals surface area contributed by atoms with Crippen LogP contribution in [0, 0.1) is 0 Å². The molecule has 1 aromatic rings. The fourth-order valence-electron chi connectivity index (χ4n) is 2.32. The Balaban J connectivity index is 2.16. The van der Waals surface area contributed by atoms with Crippen LogP contribution in [0.15, 0.2) is 6.20 Å². The Bertz CT molecular complexity index is 388. The van der Waals surface area contributed by atoms with E-state index in [1.165, 1.54) is 32.1 Å². The summed E-state index contributed by atoms with van der Waals surface area (Å²) in [5.41, 5.74) is 0.112. The smallest absolute Gasteiger partial charge is 0.224 e. The van der Waals surface area contributed by atoms with E-state index in [2.05, 4.69) is 27.5 Å². The highest BCUT2D eigenvalue weighted by atomic mass is 35.5. The second kappa shape index (κ2) is 5.08. The van der Waals surface area contributed by atoms with Crippen molar-refractivity contribution in [1.29, 1.82) is 0 Å². The maximum absolute atomic E-state index is 6.12. The van der Waals surface area contributed by atoms with E-state index in [0.29, 0.717) is 11.0 Å². The average Bonchev–Trinajstić information content (AvgIpc) is 2.33. The van der Waals surface area contributed by atoms with Gasteiger partial charge in [0.15, 0.2) is 5.82 Å². The number of anilines is 2. The number of hydrogen-bond acceptors (Lipinski definition) is 4. The van der Waals surface area contributed by atoms with E-state index in [1.54, 1.807) is 13.2 Å². The van der Waals surface area contributed by atoms with Crippen LogP contribution in [-0.4, -0.2) is 22.6 Å². The Kier molecular flexibility index (Phi) is 3.72. The summed E-state index contributed by atoms with van der Waals surface area (Å²) < 4.78 is 0. The van der Waals surface area contributed by atoms with Crippen molar-refractivity contribution >= 4 is 23.4 Å². The molecule has 0 atom stereocenters. The van der Waals surface area contributed by atoms with E-state index in [-0.39, 0.29) is 5.54 Å². The molecule has 17 heavy (non-hydrogen) atoms. The van der Waals surface area contributed by atoms with Crippen LogP contribution in [0.25, 0.3) is 0 Å². The third kappa shape index (κ3) is 3.00. The van der Waals surface area contributed by atoms with Gasteiger partial charge in [0.25, 0.3) is 0 Å². The molecular formula is C12H19ClN4. The molecule has 0 unspecified atom stereocenters. The summed E-state index contributed by atoms with van der Waals surface area (Å²) >= 11 is 6.12. The van der Waals surface area contributed by atoms with Crippen molar-refractivity contribution in [3.8, 4) is 0 Å². The standard InChI is InChI=1S/C12H19ClN4/c1-12(6-4-3-5-7-12)17-10-9(13)8-15-11(14-2)16-10/h8H,3-7H2,1-2H3,(H2,14,15,16,17). The van der Waals surface area contributed by atoms with E-state index >= 15 is 0 Å². The van der Waals surface area contributed by atoms with Crippen LogP contribution in [0.1, 0.15) is 39.0 Å². The molecule has 1 heterocycles. The highest BCUT2D eigenvalue weighted by Crippen LogP contribution is 2.32. The van der Waals surface area contributed by atoms with Crippen LogP contribution >= 0.6 is 11.6 Å². The lowest BCUT2D eigenvalue weighted by Gasteiger charge is -2.35. The zero-order valence-corrected chi connectivity index (χ0v) is 11.1. The molecule has 1 aromatic heterocycles. The highest BCUT2D eigenvalue weighted by Gasteiger charge is 2.27. The van der Waals surface area contributed by atoms with Crippen molar-refractivity contribution in [2.45, 2.75) is 44.6 Å². The SMILES string of the molecule is CNc1ncc(Cl)c(NC2(C)CCCCC2)n1. The Morgan fingerprint density at radius 1 is 1.29 bits per heavy atom. The molecule has 2 N–H and O–H groups in total. The van der Waals surface area contributed by atoms with Gasteiger partial charge < -0.3 is 10.6 Å². The summed E-state index contributed by atoms with van der Waals surface area (Å²) in [6.45, 7) is 2.24. The predicted octanol–water partition coefficient (Wildman–Crippen LogP) is 3.31. The molecule has 5 heteroatoms. The minimum atomic E-state index is 0.112. The lowest BCUT2D eigenvalue weighted by molar-refractivity contribution is 0.348. The molecule has 0 saturated heterocycles.